The lowest BCUT2D eigenvalue weighted by molar-refractivity contribution is -0.148. The van der Waals surface area contributed by atoms with Crippen molar-refractivity contribution in [3.63, 3.8) is 0 Å². The third kappa shape index (κ3) is 8.92. The Hall–Kier alpha value is -4.22. The topological polar surface area (TPSA) is 86.8 Å². The number of alkyl halides is 6. The number of nitrogens with one attached hydrogen (secondary N) is 1. The van der Waals surface area contributed by atoms with Crippen molar-refractivity contribution in [2.24, 2.45) is 0 Å². The minimum Gasteiger partial charge on any atom is -0.299 e. The number of halogens is 6. The molecule has 1 atom stereocenters. The largest absolute Gasteiger partial charge is 0.390 e. The predicted molar refractivity (Wildman–Crippen MR) is 157 cm³/mol. The van der Waals surface area contributed by atoms with Crippen LogP contribution in [0, 0.1) is 11.3 Å². The highest BCUT2D eigenvalue weighted by Gasteiger charge is 2.35. The van der Waals surface area contributed by atoms with Crippen molar-refractivity contribution in [1.29, 1.82) is 5.26 Å². The monoisotopic (exact) mass is 646 g/mol. The van der Waals surface area contributed by atoms with E-state index in [9.17, 15) is 31.1 Å². The quantitative estimate of drug-likeness (QED) is 0.184. The first-order valence-corrected chi connectivity index (χ1v) is 15.0. The number of hydrogen-bond donors (Lipinski definition) is 1. The molecule has 2 aromatic heterocycles. The van der Waals surface area contributed by atoms with Crippen LogP contribution in [0.1, 0.15) is 51.3 Å². The fraction of sp³-hybridized carbons (Fsp3) is 0.355. The number of nitriles is 1. The molecule has 0 fully saturated rings. The Morgan fingerprint density at radius 1 is 1.04 bits per heavy atom. The summed E-state index contributed by atoms with van der Waals surface area (Å²) in [6.45, 7) is -0.606. The standard InChI is InChI=1S/C31H28F6N6OS/c32-30(33,34)10-12-42(13-11-31(35,36)37)25-8-9-26-27(15-25)45-29(40-26)41-28(44)23-3-1-2-21(14-23)18-43-19-24(17-39-43)22-6-4-20(16-38)5-7-22/h1-7,14,17,19,25H,8-13,15,18H2,(H,40,41,44)/t25-/m0/s1. The molecule has 1 amide bonds. The summed E-state index contributed by atoms with van der Waals surface area (Å²) in [7, 11) is 0. The van der Waals surface area contributed by atoms with Gasteiger partial charge < -0.3 is 0 Å². The molecule has 0 saturated carbocycles. The molecule has 4 aromatic rings. The van der Waals surface area contributed by atoms with Gasteiger partial charge in [-0.1, -0.05) is 24.3 Å². The van der Waals surface area contributed by atoms with Crippen LogP contribution in [-0.2, 0) is 19.4 Å². The van der Waals surface area contributed by atoms with Crippen LogP contribution in [0.25, 0.3) is 11.1 Å². The van der Waals surface area contributed by atoms with E-state index in [2.05, 4.69) is 21.5 Å². The van der Waals surface area contributed by atoms with Crippen LogP contribution in [-0.4, -0.2) is 57.1 Å². The molecule has 45 heavy (non-hydrogen) atoms. The van der Waals surface area contributed by atoms with Crippen LogP contribution in [0.2, 0.25) is 0 Å². The van der Waals surface area contributed by atoms with Crippen molar-refractivity contribution in [3.8, 4) is 17.2 Å². The van der Waals surface area contributed by atoms with Gasteiger partial charge in [0, 0.05) is 41.3 Å². The van der Waals surface area contributed by atoms with Gasteiger partial charge in [-0.15, -0.1) is 11.3 Å². The summed E-state index contributed by atoms with van der Waals surface area (Å²) >= 11 is 1.19. The van der Waals surface area contributed by atoms with Gasteiger partial charge in [-0.25, -0.2) is 4.98 Å². The number of anilines is 1. The Bertz CT molecular complexity index is 1650. The Morgan fingerprint density at radius 3 is 2.42 bits per heavy atom. The number of carbonyl (C=O) groups is 1. The SMILES string of the molecule is N#Cc1ccc(-c2cnn(Cc3cccc(C(=O)Nc4nc5c(s4)C[C@@H](N(CCC(F)(F)F)CCC(F)(F)F)CC5)c3)c2)cc1. The molecule has 1 N–H and O–H groups in total. The fourth-order valence-corrected chi connectivity index (χ4v) is 6.32. The second-order valence-electron chi connectivity index (χ2n) is 10.8. The summed E-state index contributed by atoms with van der Waals surface area (Å²) < 4.78 is 79.0. The van der Waals surface area contributed by atoms with Gasteiger partial charge in [-0.05, 0) is 54.7 Å². The minimum absolute atomic E-state index is 0.266. The number of fused-ring (bicyclic) bond motifs is 1. The summed E-state index contributed by atoms with van der Waals surface area (Å²) in [6.07, 6.45) is -6.68. The van der Waals surface area contributed by atoms with Crippen LogP contribution < -0.4 is 5.32 Å². The second-order valence-corrected chi connectivity index (χ2v) is 11.9. The van der Waals surface area contributed by atoms with Gasteiger partial charge in [-0.3, -0.25) is 19.7 Å². The summed E-state index contributed by atoms with van der Waals surface area (Å²) in [4.78, 5) is 19.6. The van der Waals surface area contributed by atoms with E-state index in [1.807, 2.05) is 24.4 Å². The number of hydrogen-bond acceptors (Lipinski definition) is 6. The van der Waals surface area contributed by atoms with Crippen molar-refractivity contribution in [2.45, 2.75) is 57.0 Å². The second kappa shape index (κ2) is 13.4. The van der Waals surface area contributed by atoms with Crippen LogP contribution >= 0.6 is 11.3 Å². The molecule has 0 bridgehead atoms. The van der Waals surface area contributed by atoms with Gasteiger partial charge in [0.1, 0.15) is 0 Å². The minimum atomic E-state index is -4.47. The van der Waals surface area contributed by atoms with Crippen LogP contribution in [0.3, 0.4) is 0 Å². The number of aromatic nitrogens is 3. The number of amides is 1. The van der Waals surface area contributed by atoms with Gasteiger partial charge in [0.15, 0.2) is 5.13 Å². The molecule has 0 spiro atoms. The van der Waals surface area contributed by atoms with Crippen LogP contribution in [0.4, 0.5) is 31.5 Å². The van der Waals surface area contributed by atoms with Crippen molar-refractivity contribution in [1.82, 2.24) is 19.7 Å². The Morgan fingerprint density at radius 2 is 1.76 bits per heavy atom. The van der Waals surface area contributed by atoms with E-state index in [0.717, 1.165) is 21.6 Å². The van der Waals surface area contributed by atoms with Crippen molar-refractivity contribution in [3.05, 3.63) is 88.2 Å². The molecule has 2 aromatic carbocycles. The smallest absolute Gasteiger partial charge is 0.299 e. The lowest BCUT2D eigenvalue weighted by Crippen LogP contribution is -2.42. The molecular formula is C31H28F6N6OS. The molecule has 2 heterocycles. The van der Waals surface area contributed by atoms with E-state index in [1.165, 1.54) is 16.2 Å². The van der Waals surface area contributed by atoms with E-state index in [4.69, 9.17) is 5.26 Å². The van der Waals surface area contributed by atoms with Gasteiger partial charge in [0.25, 0.3) is 5.91 Å². The average Bonchev–Trinajstić information content (AvgIpc) is 3.62. The zero-order valence-corrected chi connectivity index (χ0v) is 24.6. The maximum absolute atomic E-state index is 13.1. The highest BCUT2D eigenvalue weighted by molar-refractivity contribution is 7.15. The molecular weight excluding hydrogens is 618 g/mol. The first-order valence-electron chi connectivity index (χ1n) is 14.1. The molecule has 0 unspecified atom stereocenters. The molecule has 7 nitrogen and oxygen atoms in total. The van der Waals surface area contributed by atoms with E-state index in [1.54, 1.807) is 41.2 Å². The molecule has 0 saturated heterocycles. The Balaban J connectivity index is 1.21. The van der Waals surface area contributed by atoms with Gasteiger partial charge in [0.2, 0.25) is 0 Å². The van der Waals surface area contributed by atoms with E-state index in [0.29, 0.717) is 41.3 Å². The fourth-order valence-electron chi connectivity index (χ4n) is 5.24. The summed E-state index contributed by atoms with van der Waals surface area (Å²) in [5, 5.41) is 16.5. The molecule has 0 radical (unpaired) electrons. The third-order valence-electron chi connectivity index (χ3n) is 7.53. The van der Waals surface area contributed by atoms with Gasteiger partial charge in [0.05, 0.1) is 42.9 Å². The lowest BCUT2D eigenvalue weighted by atomic mass is 9.96. The van der Waals surface area contributed by atoms with Crippen molar-refractivity contribution >= 4 is 22.4 Å². The average molecular weight is 647 g/mol. The zero-order chi connectivity index (χ0) is 32.2. The lowest BCUT2D eigenvalue weighted by Gasteiger charge is -2.34. The summed E-state index contributed by atoms with van der Waals surface area (Å²) in [6, 6.07) is 15.8. The number of aryl methyl sites for hydroxylation is 1. The molecule has 5 rings (SSSR count). The normalized spacial score (nSPS) is 15.1. The van der Waals surface area contributed by atoms with E-state index < -0.39 is 50.2 Å². The number of nitrogens with zero attached hydrogens (tertiary/aromatic N) is 5. The zero-order valence-electron chi connectivity index (χ0n) is 23.8. The number of carbonyl (C=O) groups excluding carboxylic acids is 1. The maximum atomic E-state index is 13.1. The predicted octanol–water partition coefficient (Wildman–Crippen LogP) is 7.24. The van der Waals surface area contributed by atoms with E-state index in [-0.39, 0.29) is 6.42 Å². The first-order chi connectivity index (χ1) is 21.3. The molecule has 1 aliphatic carbocycles. The summed E-state index contributed by atoms with van der Waals surface area (Å²) in [5.74, 6) is -0.393. The Kier molecular flexibility index (Phi) is 9.59. The van der Waals surface area contributed by atoms with Crippen molar-refractivity contribution in [2.75, 3.05) is 18.4 Å². The number of rotatable bonds is 10. The molecule has 0 aliphatic heterocycles. The number of thiazole rings is 1. The van der Waals surface area contributed by atoms with Crippen molar-refractivity contribution < 1.29 is 31.1 Å². The Labute approximate surface area is 259 Å². The summed E-state index contributed by atoms with van der Waals surface area (Å²) in [5.41, 5.74) is 4.28. The number of benzene rings is 2. The van der Waals surface area contributed by atoms with Gasteiger partial charge in [-0.2, -0.15) is 36.7 Å². The first kappa shape index (κ1) is 32.2. The highest BCUT2D eigenvalue weighted by Crippen LogP contribution is 2.33. The molecule has 14 heteroatoms. The molecule has 236 valence electrons. The van der Waals surface area contributed by atoms with E-state index >= 15 is 0 Å². The van der Waals surface area contributed by atoms with Crippen LogP contribution in [0.15, 0.2) is 60.9 Å². The maximum Gasteiger partial charge on any atom is 0.390 e. The van der Waals surface area contributed by atoms with Gasteiger partial charge >= 0.3 is 12.4 Å². The molecule has 1 aliphatic rings. The van der Waals surface area contributed by atoms with Crippen LogP contribution in [0.5, 0.6) is 0 Å². The highest BCUT2D eigenvalue weighted by atomic mass is 32.1. The third-order valence-corrected chi connectivity index (χ3v) is 8.57.